The van der Waals surface area contributed by atoms with Gasteiger partial charge < -0.3 is 10.4 Å². The van der Waals surface area contributed by atoms with Gasteiger partial charge in [0.25, 0.3) is 0 Å². The zero-order chi connectivity index (χ0) is 29.5. The highest BCUT2D eigenvalue weighted by atomic mass is 16.8. The summed E-state index contributed by atoms with van der Waals surface area (Å²) in [6.07, 6.45) is 16.3. The molecule has 41 heavy (non-hydrogen) atoms. The predicted octanol–water partition coefficient (Wildman–Crippen LogP) is 6.30. The molecule has 0 saturated heterocycles. The van der Waals surface area contributed by atoms with Crippen LogP contribution in [0.4, 0.5) is 17.1 Å². The molecule has 4 aliphatic carbocycles. The number of hydrogen-bond acceptors (Lipinski definition) is 6. The van der Waals surface area contributed by atoms with Crippen molar-refractivity contribution in [3.8, 4) is 0 Å². The number of fused-ring (bicyclic) bond motifs is 5. The standard InChI is InChI=1S/C33H52N4O4/c1-21(2)7-6-8-22(3)27-12-13-28-26-11-9-23-19-24(15-17-32(23,4)29(26)16-18-33(27,28)5)34-35-30-14-10-25(36(38)39)20-31(30)37(40)41/h10,14,19-22,26-29,35-38,40H,6-9,11-13,15-18H2,1-5H3/t22-,26+,27+,28-,29-,32+,33-/m1/s1. The molecule has 0 spiro atoms. The van der Waals surface area contributed by atoms with Crippen LogP contribution in [0.25, 0.3) is 0 Å². The molecule has 5 rings (SSSR count). The van der Waals surface area contributed by atoms with E-state index >= 15 is 0 Å². The fraction of sp³-hybridized carbons (Fsp3) is 0.727. The van der Waals surface area contributed by atoms with Crippen LogP contribution in [0.5, 0.6) is 0 Å². The molecular weight excluding hydrogens is 516 g/mol. The number of nitrogens with zero attached hydrogens (tertiary/aromatic N) is 1. The number of benzene rings is 1. The Morgan fingerprint density at radius 1 is 0.976 bits per heavy atom. The van der Waals surface area contributed by atoms with E-state index in [9.17, 15) is 20.8 Å². The van der Waals surface area contributed by atoms with Gasteiger partial charge in [-0.1, -0.05) is 59.5 Å². The monoisotopic (exact) mass is 568 g/mol. The molecule has 8 nitrogen and oxygen atoms in total. The van der Waals surface area contributed by atoms with Gasteiger partial charge in [-0.05, 0) is 110 Å². The van der Waals surface area contributed by atoms with Gasteiger partial charge in [-0.3, -0.25) is 5.43 Å². The fourth-order valence-electron chi connectivity index (χ4n) is 9.77. The van der Waals surface area contributed by atoms with Crippen LogP contribution in [-0.4, -0.2) is 16.1 Å². The maximum absolute atomic E-state index is 11.7. The zero-order valence-electron chi connectivity index (χ0n) is 25.7. The second-order valence-electron chi connectivity index (χ2n) is 14.6. The van der Waals surface area contributed by atoms with Gasteiger partial charge in [-0.15, -0.1) is 0 Å². The number of anilines is 1. The highest BCUT2D eigenvalue weighted by Crippen LogP contribution is 2.67. The fourth-order valence-corrected chi connectivity index (χ4v) is 9.77. The van der Waals surface area contributed by atoms with Crippen LogP contribution in [0.15, 0.2) is 34.9 Å². The normalized spacial score (nSPS) is 36.2. The van der Waals surface area contributed by atoms with Crippen molar-refractivity contribution in [2.75, 3.05) is 5.43 Å². The van der Waals surface area contributed by atoms with Crippen molar-refractivity contribution in [3.63, 3.8) is 0 Å². The summed E-state index contributed by atoms with van der Waals surface area (Å²) in [6.45, 7) is 12.4. The zero-order valence-corrected chi connectivity index (χ0v) is 25.7. The van der Waals surface area contributed by atoms with Crippen LogP contribution < -0.4 is 15.9 Å². The van der Waals surface area contributed by atoms with Gasteiger partial charge in [0.05, 0.1) is 11.8 Å². The molecule has 0 bridgehead atoms. The minimum atomic E-state index is -1.17. The average Bonchev–Trinajstić information content (AvgIpc) is 3.28. The van der Waals surface area contributed by atoms with Crippen LogP contribution in [0, 0.1) is 56.8 Å². The lowest BCUT2D eigenvalue weighted by Crippen LogP contribution is -3.00. The summed E-state index contributed by atoms with van der Waals surface area (Å²) in [6, 6.07) is 4.08. The van der Waals surface area contributed by atoms with E-state index in [2.05, 4.69) is 51.2 Å². The van der Waals surface area contributed by atoms with Crippen molar-refractivity contribution in [2.24, 2.45) is 51.4 Å². The van der Waals surface area contributed by atoms with Gasteiger partial charge >= 0.3 is 0 Å². The van der Waals surface area contributed by atoms with E-state index in [-0.39, 0.29) is 16.8 Å². The number of nitrogens with one attached hydrogen (secondary N) is 3. The van der Waals surface area contributed by atoms with Crippen molar-refractivity contribution < 1.29 is 20.9 Å². The lowest BCUT2D eigenvalue weighted by Gasteiger charge is -2.58. The molecule has 0 aliphatic heterocycles. The van der Waals surface area contributed by atoms with E-state index < -0.39 is 10.5 Å². The van der Waals surface area contributed by atoms with Gasteiger partial charge in [0.15, 0.2) is 11.4 Å². The number of hydrogen-bond donors (Lipinski definition) is 5. The maximum Gasteiger partial charge on any atom is 0.195 e. The third kappa shape index (κ3) is 5.89. The molecule has 2 unspecified atom stereocenters. The minimum absolute atomic E-state index is 0.0503. The van der Waals surface area contributed by atoms with Crippen LogP contribution in [0.2, 0.25) is 0 Å². The predicted molar refractivity (Wildman–Crippen MR) is 162 cm³/mol. The lowest BCUT2D eigenvalue weighted by molar-refractivity contribution is -0.996. The topological polar surface area (TPSA) is 120 Å². The number of rotatable bonds is 9. The summed E-state index contributed by atoms with van der Waals surface area (Å²) in [4.78, 5) is 0. The largest absolute Gasteiger partial charge is 0.595 e. The third-order valence-electron chi connectivity index (χ3n) is 12.0. The number of quaternary nitrogens is 2. The first-order chi connectivity index (χ1) is 19.4. The van der Waals surface area contributed by atoms with Crippen molar-refractivity contribution in [3.05, 3.63) is 40.3 Å². The molecule has 8 heteroatoms. The molecule has 0 aromatic heterocycles. The molecule has 1 aromatic rings. The van der Waals surface area contributed by atoms with Crippen molar-refractivity contribution in [2.45, 2.75) is 105 Å². The molecular formula is C33H52N4O4. The van der Waals surface area contributed by atoms with Crippen molar-refractivity contribution in [1.82, 2.24) is 0 Å². The highest BCUT2D eigenvalue weighted by molar-refractivity contribution is 5.97. The summed E-state index contributed by atoms with van der Waals surface area (Å²) in [7, 11) is 0. The molecule has 0 heterocycles. The molecule has 0 amide bonds. The third-order valence-corrected chi connectivity index (χ3v) is 12.0. The Morgan fingerprint density at radius 3 is 2.46 bits per heavy atom. The SMILES string of the molecule is CC(C)CCC[C@@H](C)[C@@H]1CC[C@@H]2[C@@H]3CCC4=CC(=NNc5ccc([NH+]([O-])O)cc5[NH+]([O-])O)CC[C@]4(C)[C@@H]3CC[C@@]21C. The molecule has 1 aromatic carbocycles. The second kappa shape index (κ2) is 12.1. The lowest BCUT2D eigenvalue weighted by atomic mass is 9.46. The Kier molecular flexibility index (Phi) is 9.01. The Bertz CT molecular complexity index is 1150. The number of allylic oxidation sites excluding steroid dienone is 2. The van der Waals surface area contributed by atoms with E-state index in [0.717, 1.165) is 60.5 Å². The molecule has 228 valence electrons. The second-order valence-corrected chi connectivity index (χ2v) is 14.6. The van der Waals surface area contributed by atoms with E-state index in [1.54, 1.807) is 0 Å². The van der Waals surface area contributed by atoms with E-state index in [4.69, 9.17) is 0 Å². The summed E-state index contributed by atoms with van der Waals surface area (Å²) in [5.41, 5.74) is 6.30. The van der Waals surface area contributed by atoms with Crippen molar-refractivity contribution in [1.29, 1.82) is 0 Å². The van der Waals surface area contributed by atoms with Gasteiger partial charge in [-0.25, -0.2) is 10.4 Å². The van der Waals surface area contributed by atoms with Gasteiger partial charge in [0, 0.05) is 6.07 Å². The Hall–Kier alpha value is -1.81. The highest BCUT2D eigenvalue weighted by Gasteiger charge is 2.59. The summed E-state index contributed by atoms with van der Waals surface area (Å²) < 4.78 is 0. The van der Waals surface area contributed by atoms with E-state index in [1.807, 2.05) is 0 Å². The number of hydrazone groups is 1. The van der Waals surface area contributed by atoms with Crippen LogP contribution >= 0.6 is 0 Å². The molecule has 9 atom stereocenters. The van der Waals surface area contributed by atoms with Gasteiger partial charge in [0.2, 0.25) is 0 Å². The average molecular weight is 569 g/mol. The maximum atomic E-state index is 11.7. The smallest absolute Gasteiger partial charge is 0.195 e. The molecule has 5 N–H and O–H groups in total. The summed E-state index contributed by atoms with van der Waals surface area (Å²) >= 11 is 0. The Balaban J connectivity index is 1.28. The first-order valence-electron chi connectivity index (χ1n) is 16.1. The van der Waals surface area contributed by atoms with Gasteiger partial charge in [0.1, 0.15) is 5.69 Å². The minimum Gasteiger partial charge on any atom is -0.595 e. The van der Waals surface area contributed by atoms with Crippen LogP contribution in [0.1, 0.15) is 105 Å². The molecule has 3 fully saturated rings. The summed E-state index contributed by atoms with van der Waals surface area (Å²) in [5, 5.41) is 44.2. The van der Waals surface area contributed by atoms with Crippen LogP contribution in [-0.2, 0) is 0 Å². The van der Waals surface area contributed by atoms with E-state index in [1.165, 1.54) is 75.1 Å². The quantitative estimate of drug-likeness (QED) is 0.224. The van der Waals surface area contributed by atoms with E-state index in [0.29, 0.717) is 11.1 Å². The Labute approximate surface area is 245 Å². The first kappa shape index (κ1) is 30.6. The van der Waals surface area contributed by atoms with Gasteiger partial charge in [-0.2, -0.15) is 15.6 Å². The molecule has 0 radical (unpaired) electrons. The molecule has 3 saturated carbocycles. The van der Waals surface area contributed by atoms with Crippen molar-refractivity contribution >= 4 is 22.8 Å². The molecule has 4 aliphatic rings. The van der Waals surface area contributed by atoms with Crippen LogP contribution in [0.3, 0.4) is 0 Å². The Morgan fingerprint density at radius 2 is 1.76 bits per heavy atom. The first-order valence-corrected chi connectivity index (χ1v) is 16.1. The summed E-state index contributed by atoms with van der Waals surface area (Å²) in [5.74, 6) is 4.94.